The van der Waals surface area contributed by atoms with Crippen LogP contribution in [0.5, 0.6) is 0 Å². The molecule has 0 saturated carbocycles. The van der Waals surface area contributed by atoms with E-state index in [0.29, 0.717) is 0 Å². The van der Waals surface area contributed by atoms with Gasteiger partial charge < -0.3 is 30.3 Å². The van der Waals surface area contributed by atoms with E-state index in [0.717, 1.165) is 0 Å². The van der Waals surface area contributed by atoms with Crippen LogP contribution >= 0.6 is 0 Å². The molecule has 0 aliphatic carbocycles. The van der Waals surface area contributed by atoms with Crippen LogP contribution in [0.4, 0.5) is 0 Å². The minimum Gasteiger partial charge on any atom is -0.388 e. The van der Waals surface area contributed by atoms with Gasteiger partial charge in [-0.3, -0.25) is 9.59 Å². The number of carbonyl (C=O) groups is 2. The topological polar surface area (TPSA) is 117 Å². The number of ether oxygens (including phenoxy) is 2. The van der Waals surface area contributed by atoms with Crippen LogP contribution < -0.4 is 10.6 Å². The van der Waals surface area contributed by atoms with Gasteiger partial charge in [0.25, 0.3) is 0 Å². The Bertz CT molecular complexity index is 363. The van der Waals surface area contributed by atoms with E-state index < -0.39 is 24.4 Å². The maximum Gasteiger partial charge on any atom is 0.246 e. The van der Waals surface area contributed by atoms with Crippen LogP contribution in [0.25, 0.3) is 0 Å². The summed E-state index contributed by atoms with van der Waals surface area (Å²) in [5.74, 6) is -0.603. The Hall–Kier alpha value is -1.22. The summed E-state index contributed by atoms with van der Waals surface area (Å²) in [7, 11) is 1.40. The maximum absolute atomic E-state index is 11.6. The van der Waals surface area contributed by atoms with Gasteiger partial charge in [-0.05, 0) is 13.8 Å². The summed E-state index contributed by atoms with van der Waals surface area (Å²) >= 11 is 0. The Balaban J connectivity index is 2.45. The van der Waals surface area contributed by atoms with E-state index in [-0.39, 0.29) is 37.4 Å². The second-order valence-electron chi connectivity index (χ2n) is 5.36. The van der Waals surface area contributed by atoms with Crippen LogP contribution in [-0.4, -0.2) is 72.7 Å². The third kappa shape index (κ3) is 5.58. The number of carbonyl (C=O) groups excluding carboxylic acids is 2. The van der Waals surface area contributed by atoms with Gasteiger partial charge in [0.2, 0.25) is 11.8 Å². The number of nitrogens with one attached hydrogen (secondary N) is 2. The molecule has 8 heteroatoms. The lowest BCUT2D eigenvalue weighted by atomic mass is 10.1. The Kier molecular flexibility index (Phi) is 7.03. The van der Waals surface area contributed by atoms with Crippen molar-refractivity contribution in [2.75, 3.05) is 20.3 Å². The van der Waals surface area contributed by atoms with Crippen molar-refractivity contribution in [3.8, 4) is 0 Å². The highest BCUT2D eigenvalue weighted by molar-refractivity contribution is 5.77. The van der Waals surface area contributed by atoms with Crippen LogP contribution in [-0.2, 0) is 19.1 Å². The SMILES string of the molecule is COCC(=O)NC[C@H]1O[C@@H](CC(=O)NC(C)C)[C@H](O)[C@@H]1O. The van der Waals surface area contributed by atoms with Gasteiger partial charge in [-0.25, -0.2) is 0 Å². The molecule has 4 N–H and O–H groups in total. The first-order chi connectivity index (χ1) is 9.85. The summed E-state index contributed by atoms with van der Waals surface area (Å²) in [6.07, 6.45) is -3.89. The molecule has 0 bridgehead atoms. The van der Waals surface area contributed by atoms with Crippen molar-refractivity contribution in [3.63, 3.8) is 0 Å². The number of amides is 2. The van der Waals surface area contributed by atoms with Crippen LogP contribution in [0.3, 0.4) is 0 Å². The van der Waals surface area contributed by atoms with Gasteiger partial charge in [0.15, 0.2) is 0 Å². The average Bonchev–Trinajstić information content (AvgIpc) is 2.64. The number of hydrogen-bond donors (Lipinski definition) is 4. The molecule has 1 fully saturated rings. The molecule has 0 radical (unpaired) electrons. The summed E-state index contributed by atoms with van der Waals surface area (Å²) in [5, 5.41) is 25.0. The molecular weight excluding hydrogens is 280 g/mol. The Morgan fingerprint density at radius 2 is 1.81 bits per heavy atom. The van der Waals surface area contributed by atoms with Gasteiger partial charge in [-0.15, -0.1) is 0 Å². The van der Waals surface area contributed by atoms with Gasteiger partial charge in [0.1, 0.15) is 24.9 Å². The van der Waals surface area contributed by atoms with Gasteiger partial charge in [-0.1, -0.05) is 0 Å². The molecule has 0 aromatic rings. The molecule has 4 atom stereocenters. The Morgan fingerprint density at radius 1 is 1.19 bits per heavy atom. The number of aliphatic hydroxyl groups excluding tert-OH is 2. The number of rotatable bonds is 7. The zero-order valence-electron chi connectivity index (χ0n) is 12.5. The molecule has 8 nitrogen and oxygen atoms in total. The molecular formula is C13H24N2O6. The largest absolute Gasteiger partial charge is 0.388 e. The van der Waals surface area contributed by atoms with E-state index in [1.165, 1.54) is 7.11 Å². The van der Waals surface area contributed by atoms with Gasteiger partial charge >= 0.3 is 0 Å². The highest BCUT2D eigenvalue weighted by Gasteiger charge is 2.43. The van der Waals surface area contributed by atoms with Crippen molar-refractivity contribution in [1.29, 1.82) is 0 Å². The van der Waals surface area contributed by atoms with Gasteiger partial charge in [0, 0.05) is 19.7 Å². The van der Waals surface area contributed by atoms with E-state index >= 15 is 0 Å². The molecule has 2 amide bonds. The summed E-state index contributed by atoms with van der Waals surface area (Å²) < 4.78 is 10.1. The monoisotopic (exact) mass is 304 g/mol. The van der Waals surface area contributed by atoms with E-state index in [1.807, 2.05) is 13.8 Å². The first-order valence-corrected chi connectivity index (χ1v) is 6.91. The van der Waals surface area contributed by atoms with Crippen LogP contribution in [0.1, 0.15) is 20.3 Å². The molecule has 21 heavy (non-hydrogen) atoms. The van der Waals surface area contributed by atoms with Gasteiger partial charge in [0.05, 0.1) is 12.5 Å². The quantitative estimate of drug-likeness (QED) is 0.439. The first-order valence-electron chi connectivity index (χ1n) is 6.91. The lowest BCUT2D eigenvalue weighted by Crippen LogP contribution is -2.41. The molecule has 1 rings (SSSR count). The van der Waals surface area contributed by atoms with Crippen molar-refractivity contribution in [2.45, 2.75) is 50.7 Å². The highest BCUT2D eigenvalue weighted by atomic mass is 16.5. The third-order valence-corrected chi connectivity index (χ3v) is 3.07. The molecule has 0 aromatic heterocycles. The fraction of sp³-hybridized carbons (Fsp3) is 0.846. The second-order valence-corrected chi connectivity index (χ2v) is 5.36. The zero-order chi connectivity index (χ0) is 16.0. The Labute approximate surface area is 123 Å². The van der Waals surface area contributed by atoms with Crippen LogP contribution in [0.15, 0.2) is 0 Å². The summed E-state index contributed by atoms with van der Waals surface area (Å²) in [5.41, 5.74) is 0. The molecule has 0 unspecified atom stereocenters. The Morgan fingerprint density at radius 3 is 2.38 bits per heavy atom. The van der Waals surface area contributed by atoms with E-state index in [2.05, 4.69) is 15.4 Å². The first kappa shape index (κ1) is 17.8. The highest BCUT2D eigenvalue weighted by Crippen LogP contribution is 2.23. The minimum absolute atomic E-state index is 0.00917. The second kappa shape index (κ2) is 8.28. The summed E-state index contributed by atoms with van der Waals surface area (Å²) in [6.45, 7) is 3.61. The van der Waals surface area contributed by atoms with Crippen molar-refractivity contribution in [1.82, 2.24) is 10.6 Å². The smallest absolute Gasteiger partial charge is 0.246 e. The van der Waals surface area contributed by atoms with Gasteiger partial charge in [-0.2, -0.15) is 0 Å². The van der Waals surface area contributed by atoms with Crippen molar-refractivity contribution < 1.29 is 29.3 Å². The molecule has 1 aliphatic rings. The summed E-state index contributed by atoms with van der Waals surface area (Å²) in [4.78, 5) is 22.9. The molecule has 1 aliphatic heterocycles. The normalized spacial score (nSPS) is 28.7. The molecule has 1 heterocycles. The number of methoxy groups -OCH3 is 1. The predicted molar refractivity (Wildman–Crippen MR) is 73.5 cm³/mol. The standard InChI is InChI=1S/C13H24N2O6/c1-7(2)15-10(16)4-8-12(18)13(19)9(21-8)5-14-11(17)6-20-3/h7-9,12-13,18-19H,4-6H2,1-3H3,(H,14,17)(H,15,16)/t8-,9+,12-,13+/m0/s1. The third-order valence-electron chi connectivity index (χ3n) is 3.07. The zero-order valence-corrected chi connectivity index (χ0v) is 12.5. The molecule has 0 spiro atoms. The number of hydrogen-bond acceptors (Lipinski definition) is 6. The van der Waals surface area contributed by atoms with E-state index in [1.54, 1.807) is 0 Å². The number of aliphatic hydroxyl groups is 2. The van der Waals surface area contributed by atoms with Crippen LogP contribution in [0.2, 0.25) is 0 Å². The average molecular weight is 304 g/mol. The predicted octanol–water partition coefficient (Wildman–Crippen LogP) is -1.85. The van der Waals surface area contributed by atoms with E-state index in [9.17, 15) is 19.8 Å². The van der Waals surface area contributed by atoms with Crippen molar-refractivity contribution in [2.24, 2.45) is 0 Å². The lowest BCUT2D eigenvalue weighted by Gasteiger charge is -2.15. The van der Waals surface area contributed by atoms with Crippen molar-refractivity contribution >= 4 is 11.8 Å². The minimum atomic E-state index is -1.16. The fourth-order valence-electron chi connectivity index (χ4n) is 2.12. The van der Waals surface area contributed by atoms with Crippen molar-refractivity contribution in [3.05, 3.63) is 0 Å². The summed E-state index contributed by atoms with van der Waals surface area (Å²) in [6, 6.07) is -0.00917. The lowest BCUT2D eigenvalue weighted by molar-refractivity contribution is -0.127. The van der Waals surface area contributed by atoms with E-state index in [4.69, 9.17) is 4.74 Å². The van der Waals surface area contributed by atoms with Crippen LogP contribution in [0, 0.1) is 0 Å². The maximum atomic E-state index is 11.6. The molecule has 0 aromatic carbocycles. The fourth-order valence-corrected chi connectivity index (χ4v) is 2.12. The molecule has 122 valence electrons. The molecule has 1 saturated heterocycles.